The zero-order chi connectivity index (χ0) is 19.2. The van der Waals surface area contributed by atoms with Crippen LogP contribution in [-0.4, -0.2) is 29.3 Å². The van der Waals surface area contributed by atoms with Crippen molar-refractivity contribution in [1.29, 1.82) is 0 Å². The topological polar surface area (TPSA) is 86.5 Å². The number of rotatable bonds is 7. The van der Waals surface area contributed by atoms with Gasteiger partial charge in [0, 0.05) is 5.56 Å². The van der Waals surface area contributed by atoms with Gasteiger partial charge in [0.2, 0.25) is 11.7 Å². The van der Waals surface area contributed by atoms with Gasteiger partial charge in [-0.05, 0) is 43.3 Å². The molecule has 140 valence electrons. The highest BCUT2D eigenvalue weighted by atomic mass is 35.5. The van der Waals surface area contributed by atoms with E-state index in [1.54, 1.807) is 50.4 Å². The van der Waals surface area contributed by atoms with E-state index in [2.05, 4.69) is 15.5 Å². The summed E-state index contributed by atoms with van der Waals surface area (Å²) in [6.45, 7) is 1.75. The first kappa shape index (κ1) is 18.7. The molecule has 1 heterocycles. The van der Waals surface area contributed by atoms with Crippen LogP contribution in [0.2, 0.25) is 5.02 Å². The zero-order valence-electron chi connectivity index (χ0n) is 14.8. The molecule has 0 bridgehead atoms. The molecule has 0 aliphatic rings. The molecule has 1 atom stereocenters. The third kappa shape index (κ3) is 4.77. The van der Waals surface area contributed by atoms with Crippen LogP contribution in [0.1, 0.15) is 12.8 Å². The fourth-order valence-corrected chi connectivity index (χ4v) is 2.52. The van der Waals surface area contributed by atoms with E-state index in [0.717, 1.165) is 0 Å². The lowest BCUT2D eigenvalue weighted by molar-refractivity contribution is -0.127. The number of nitrogens with one attached hydrogen (secondary N) is 1. The molecule has 0 aliphatic carbocycles. The predicted molar refractivity (Wildman–Crippen MR) is 99.7 cm³/mol. The van der Waals surface area contributed by atoms with Gasteiger partial charge in [-0.15, -0.1) is 0 Å². The molecule has 3 rings (SSSR count). The lowest BCUT2D eigenvalue weighted by Crippen LogP contribution is -2.35. The first-order chi connectivity index (χ1) is 13.1. The molecule has 8 heteroatoms. The highest BCUT2D eigenvalue weighted by Crippen LogP contribution is 2.24. The van der Waals surface area contributed by atoms with Crippen LogP contribution in [0.15, 0.2) is 53.1 Å². The van der Waals surface area contributed by atoms with Crippen molar-refractivity contribution in [2.45, 2.75) is 19.6 Å². The molecule has 2 aromatic carbocycles. The van der Waals surface area contributed by atoms with Crippen LogP contribution in [0.3, 0.4) is 0 Å². The summed E-state index contributed by atoms with van der Waals surface area (Å²) in [7, 11) is 1.58. The van der Waals surface area contributed by atoms with Crippen LogP contribution in [-0.2, 0) is 11.3 Å². The van der Waals surface area contributed by atoms with E-state index >= 15 is 0 Å². The third-order valence-corrected chi connectivity index (χ3v) is 4.07. The highest BCUT2D eigenvalue weighted by Gasteiger charge is 2.17. The number of nitrogens with zero attached hydrogens (tertiary/aromatic N) is 2. The second kappa shape index (κ2) is 8.55. The van der Waals surface area contributed by atoms with Crippen molar-refractivity contribution >= 4 is 17.5 Å². The number of hydrogen-bond donors (Lipinski definition) is 1. The maximum absolute atomic E-state index is 12.2. The number of aromatic nitrogens is 2. The lowest BCUT2D eigenvalue weighted by atomic mass is 10.2. The monoisotopic (exact) mass is 387 g/mol. The molecule has 0 saturated carbocycles. The fraction of sp³-hybridized carbons (Fsp3) is 0.211. The van der Waals surface area contributed by atoms with Crippen molar-refractivity contribution in [2.75, 3.05) is 7.11 Å². The lowest BCUT2D eigenvalue weighted by Gasteiger charge is -2.14. The smallest absolute Gasteiger partial charge is 0.261 e. The normalized spacial score (nSPS) is 11.7. The van der Waals surface area contributed by atoms with Crippen molar-refractivity contribution in [2.24, 2.45) is 0 Å². The summed E-state index contributed by atoms with van der Waals surface area (Å²) in [6.07, 6.45) is -0.690. The van der Waals surface area contributed by atoms with Crippen LogP contribution in [0, 0.1) is 0 Å². The van der Waals surface area contributed by atoms with Gasteiger partial charge in [-0.25, -0.2) is 0 Å². The number of carbonyl (C=O) groups is 1. The van der Waals surface area contributed by atoms with Crippen LogP contribution in [0.25, 0.3) is 11.4 Å². The van der Waals surface area contributed by atoms with E-state index in [0.29, 0.717) is 27.9 Å². The SMILES string of the molecule is COc1ccc(OC(C)C(=O)NCc2nc(-c3ccccc3Cl)no2)cc1. The predicted octanol–water partition coefficient (Wildman–Crippen LogP) is 3.48. The standard InChI is InChI=1S/C19H18ClN3O4/c1-12(26-14-9-7-13(25-2)8-10-14)19(24)21-11-17-22-18(23-27-17)15-5-3-4-6-16(15)20/h3-10,12H,11H2,1-2H3,(H,21,24). The van der Waals surface area contributed by atoms with Gasteiger partial charge in [-0.1, -0.05) is 28.9 Å². The number of benzene rings is 2. The Bertz CT molecular complexity index is 911. The number of hydrogen-bond acceptors (Lipinski definition) is 6. The first-order valence-corrected chi connectivity index (χ1v) is 8.60. The molecule has 1 aromatic heterocycles. The van der Waals surface area contributed by atoms with E-state index in [9.17, 15) is 4.79 Å². The molecule has 0 saturated heterocycles. The molecule has 27 heavy (non-hydrogen) atoms. The van der Waals surface area contributed by atoms with Gasteiger partial charge in [-0.3, -0.25) is 4.79 Å². The minimum Gasteiger partial charge on any atom is -0.497 e. The first-order valence-electron chi connectivity index (χ1n) is 8.22. The van der Waals surface area contributed by atoms with Gasteiger partial charge >= 0.3 is 0 Å². The summed E-state index contributed by atoms with van der Waals surface area (Å²) in [5, 5.41) is 7.12. The Balaban J connectivity index is 1.55. The molecule has 0 radical (unpaired) electrons. The minimum atomic E-state index is -0.690. The molecule has 1 N–H and O–H groups in total. The number of halogens is 1. The number of ether oxygens (including phenoxy) is 2. The Morgan fingerprint density at radius 2 is 1.89 bits per heavy atom. The Morgan fingerprint density at radius 1 is 1.19 bits per heavy atom. The summed E-state index contributed by atoms with van der Waals surface area (Å²) in [6, 6.07) is 14.2. The van der Waals surface area contributed by atoms with Crippen molar-refractivity contribution in [3.63, 3.8) is 0 Å². The van der Waals surface area contributed by atoms with Gasteiger partial charge in [-0.2, -0.15) is 4.98 Å². The van der Waals surface area contributed by atoms with Gasteiger partial charge in [0.05, 0.1) is 18.7 Å². The largest absolute Gasteiger partial charge is 0.497 e. The molecule has 7 nitrogen and oxygen atoms in total. The second-order valence-electron chi connectivity index (χ2n) is 5.64. The summed E-state index contributed by atoms with van der Waals surface area (Å²) < 4.78 is 15.8. The molecule has 0 spiro atoms. The molecule has 1 amide bonds. The van der Waals surface area contributed by atoms with Crippen LogP contribution in [0.4, 0.5) is 0 Å². The summed E-state index contributed by atoms with van der Waals surface area (Å²) in [4.78, 5) is 16.4. The van der Waals surface area contributed by atoms with E-state index in [-0.39, 0.29) is 18.3 Å². The van der Waals surface area contributed by atoms with E-state index in [4.69, 9.17) is 25.6 Å². The summed E-state index contributed by atoms with van der Waals surface area (Å²) in [5.74, 6) is 1.62. The van der Waals surface area contributed by atoms with Crippen molar-refractivity contribution in [1.82, 2.24) is 15.5 Å². The molecule has 3 aromatic rings. The Kier molecular flexibility index (Phi) is 5.93. The van der Waals surface area contributed by atoms with Crippen LogP contribution < -0.4 is 14.8 Å². The van der Waals surface area contributed by atoms with Gasteiger partial charge in [0.1, 0.15) is 11.5 Å². The van der Waals surface area contributed by atoms with E-state index < -0.39 is 6.10 Å². The Labute approximate surface area is 161 Å². The van der Waals surface area contributed by atoms with Gasteiger partial charge in [0.25, 0.3) is 5.91 Å². The van der Waals surface area contributed by atoms with E-state index in [1.807, 2.05) is 12.1 Å². The third-order valence-electron chi connectivity index (χ3n) is 3.74. The maximum Gasteiger partial charge on any atom is 0.261 e. The number of carbonyl (C=O) groups excluding carboxylic acids is 1. The van der Waals surface area contributed by atoms with Crippen LogP contribution >= 0.6 is 11.6 Å². The number of amides is 1. The van der Waals surface area contributed by atoms with Crippen LogP contribution in [0.5, 0.6) is 11.5 Å². The molecule has 0 aliphatic heterocycles. The molecular formula is C19H18ClN3O4. The Morgan fingerprint density at radius 3 is 2.59 bits per heavy atom. The van der Waals surface area contributed by atoms with E-state index in [1.165, 1.54) is 0 Å². The van der Waals surface area contributed by atoms with Crippen molar-refractivity contribution in [3.8, 4) is 22.9 Å². The fourth-order valence-electron chi connectivity index (χ4n) is 2.30. The quantitative estimate of drug-likeness (QED) is 0.667. The Hall–Kier alpha value is -3.06. The van der Waals surface area contributed by atoms with Gasteiger partial charge in [0.15, 0.2) is 6.10 Å². The zero-order valence-corrected chi connectivity index (χ0v) is 15.6. The maximum atomic E-state index is 12.2. The van der Waals surface area contributed by atoms with Gasteiger partial charge < -0.3 is 19.3 Å². The second-order valence-corrected chi connectivity index (χ2v) is 6.05. The highest BCUT2D eigenvalue weighted by molar-refractivity contribution is 6.33. The minimum absolute atomic E-state index is 0.0899. The molecular weight excluding hydrogens is 370 g/mol. The average Bonchev–Trinajstić information content (AvgIpc) is 3.15. The summed E-state index contributed by atoms with van der Waals surface area (Å²) in [5.41, 5.74) is 0.664. The summed E-state index contributed by atoms with van der Waals surface area (Å²) >= 11 is 6.12. The molecule has 0 fully saturated rings. The number of methoxy groups -OCH3 is 1. The molecule has 1 unspecified atom stereocenters. The van der Waals surface area contributed by atoms with Crippen molar-refractivity contribution < 1.29 is 18.8 Å². The average molecular weight is 388 g/mol. The van der Waals surface area contributed by atoms with Crippen molar-refractivity contribution in [3.05, 3.63) is 59.4 Å².